The molecule has 29 heavy (non-hydrogen) atoms. The molecular formula is C22H21NO6. The van der Waals surface area contributed by atoms with Gasteiger partial charge in [0.05, 0.1) is 18.1 Å². The number of aryl methyl sites for hydroxylation is 2. The molecule has 0 aliphatic carbocycles. The van der Waals surface area contributed by atoms with Crippen LogP contribution in [0.25, 0.3) is 22.0 Å². The number of ether oxygens (including phenoxy) is 3. The van der Waals surface area contributed by atoms with Crippen molar-refractivity contribution in [3.63, 3.8) is 0 Å². The summed E-state index contributed by atoms with van der Waals surface area (Å²) in [7, 11) is 1.56. The van der Waals surface area contributed by atoms with E-state index in [1.807, 2.05) is 12.3 Å². The smallest absolute Gasteiger partial charge is 0.231 e. The van der Waals surface area contributed by atoms with Gasteiger partial charge in [-0.05, 0) is 41.6 Å². The molecule has 1 N–H and O–H groups in total. The highest BCUT2D eigenvalue weighted by Crippen LogP contribution is 2.41. The summed E-state index contributed by atoms with van der Waals surface area (Å²) in [5.74, 6) is 1.29. The maximum Gasteiger partial charge on any atom is 0.231 e. The van der Waals surface area contributed by atoms with Crippen molar-refractivity contribution in [2.45, 2.75) is 26.3 Å². The van der Waals surface area contributed by atoms with Crippen LogP contribution in [0.4, 0.5) is 0 Å². The van der Waals surface area contributed by atoms with Gasteiger partial charge in [-0.15, -0.1) is 0 Å². The zero-order valence-electron chi connectivity index (χ0n) is 16.2. The highest BCUT2D eigenvalue weighted by molar-refractivity contribution is 5.91. The fourth-order valence-electron chi connectivity index (χ4n) is 3.57. The number of aliphatic carboxylic acids is 1. The van der Waals surface area contributed by atoms with Gasteiger partial charge in [-0.3, -0.25) is 0 Å². The summed E-state index contributed by atoms with van der Waals surface area (Å²) in [5, 5.41) is 21.4. The first-order valence-electron chi connectivity index (χ1n) is 9.37. The van der Waals surface area contributed by atoms with E-state index in [1.54, 1.807) is 13.2 Å². The Labute approximate surface area is 167 Å². The number of pyridine rings is 1. The van der Waals surface area contributed by atoms with Crippen molar-refractivity contribution in [3.8, 4) is 34.3 Å². The molecule has 0 radical (unpaired) electrons. The lowest BCUT2D eigenvalue weighted by molar-refractivity contribution is -0.686. The molecule has 3 heterocycles. The Morgan fingerprint density at radius 3 is 2.66 bits per heavy atom. The summed E-state index contributed by atoms with van der Waals surface area (Å²) in [4.78, 5) is 9.26. The number of nitrogens with zero attached hydrogens (tertiary/aromatic N) is 1. The molecular weight excluding hydrogens is 374 g/mol. The Morgan fingerprint density at radius 2 is 1.97 bits per heavy atom. The molecule has 0 fully saturated rings. The lowest BCUT2D eigenvalue weighted by Crippen LogP contribution is -2.39. The van der Waals surface area contributed by atoms with Crippen molar-refractivity contribution in [2.75, 3.05) is 13.9 Å². The largest absolute Gasteiger partial charge is 0.550 e. The van der Waals surface area contributed by atoms with Crippen molar-refractivity contribution >= 4 is 16.7 Å². The van der Waals surface area contributed by atoms with Crippen LogP contribution in [0.3, 0.4) is 0 Å². The lowest BCUT2D eigenvalue weighted by atomic mass is 9.95. The second-order valence-corrected chi connectivity index (χ2v) is 6.81. The average molecular weight is 395 g/mol. The maximum atomic E-state index is 10.4. The van der Waals surface area contributed by atoms with Gasteiger partial charge in [-0.25, -0.2) is 0 Å². The van der Waals surface area contributed by atoms with Crippen molar-refractivity contribution in [3.05, 3.63) is 42.1 Å². The van der Waals surface area contributed by atoms with Crippen molar-refractivity contribution in [1.82, 2.24) is 0 Å². The van der Waals surface area contributed by atoms with E-state index in [1.165, 1.54) is 12.5 Å². The normalized spacial score (nSPS) is 13.2. The zero-order valence-corrected chi connectivity index (χ0v) is 16.2. The molecule has 5 rings (SSSR count). The highest BCUT2D eigenvalue weighted by atomic mass is 16.7. The van der Waals surface area contributed by atoms with E-state index < -0.39 is 5.97 Å². The van der Waals surface area contributed by atoms with E-state index in [9.17, 15) is 15.0 Å². The summed E-state index contributed by atoms with van der Waals surface area (Å²) in [6, 6.07) is 10.00. The predicted molar refractivity (Wildman–Crippen MR) is 103 cm³/mol. The molecule has 0 spiro atoms. The lowest BCUT2D eigenvalue weighted by Gasteiger charge is -2.16. The third-order valence-corrected chi connectivity index (χ3v) is 5.11. The SMILES string of the molecule is CCC(=O)[O-].COc1ccc2cc3[n+](cc2c1O)CCc1cc2c(cc1-3)OCO2. The number of hydrogen-bond acceptors (Lipinski definition) is 6. The number of phenols is 1. The molecule has 150 valence electrons. The van der Waals surface area contributed by atoms with Crippen LogP contribution >= 0.6 is 0 Å². The number of phenolic OH excluding ortho intramolecular Hbond substituents is 1. The minimum absolute atomic E-state index is 0.111. The van der Waals surface area contributed by atoms with Crippen LogP contribution < -0.4 is 23.9 Å². The van der Waals surface area contributed by atoms with E-state index in [-0.39, 0.29) is 19.0 Å². The predicted octanol–water partition coefficient (Wildman–Crippen LogP) is 1.94. The number of aromatic hydroxyl groups is 1. The van der Waals surface area contributed by atoms with Gasteiger partial charge in [-0.2, -0.15) is 4.57 Å². The standard InChI is InChI=1S/C19H15NO4.C3H6O2/c1-22-16-3-2-11-6-15-13-8-18-17(23-10-24-18)7-12(13)4-5-20(15)9-14(11)19(16)21;1-2-3(4)5/h2-3,6-9H,4-5,10H2,1H3;2H2,1H3,(H,4,5). The van der Waals surface area contributed by atoms with E-state index in [2.05, 4.69) is 22.8 Å². The Kier molecular flexibility index (Phi) is 4.88. The number of hydrogen-bond donors (Lipinski definition) is 1. The number of fused-ring (bicyclic) bond motifs is 5. The Hall–Kier alpha value is -3.48. The first kappa shape index (κ1) is 18.9. The summed E-state index contributed by atoms with van der Waals surface area (Å²) < 4.78 is 18.4. The monoisotopic (exact) mass is 395 g/mol. The summed E-state index contributed by atoms with van der Waals surface area (Å²) in [6.45, 7) is 2.67. The maximum absolute atomic E-state index is 10.4. The van der Waals surface area contributed by atoms with Gasteiger partial charge in [0.25, 0.3) is 0 Å². The highest BCUT2D eigenvalue weighted by Gasteiger charge is 2.28. The summed E-state index contributed by atoms with van der Waals surface area (Å²) in [6.07, 6.45) is 3.02. The average Bonchev–Trinajstić information content (AvgIpc) is 3.19. The first-order valence-corrected chi connectivity index (χ1v) is 9.37. The molecule has 2 aliphatic rings. The quantitative estimate of drug-likeness (QED) is 0.667. The van der Waals surface area contributed by atoms with E-state index in [4.69, 9.17) is 14.2 Å². The zero-order chi connectivity index (χ0) is 20.5. The van der Waals surface area contributed by atoms with Gasteiger partial charge in [0, 0.05) is 18.5 Å². The molecule has 7 heteroatoms. The third-order valence-electron chi connectivity index (χ3n) is 5.11. The van der Waals surface area contributed by atoms with Crippen LogP contribution in [0.2, 0.25) is 0 Å². The molecule has 0 saturated carbocycles. The molecule has 1 aromatic heterocycles. The van der Waals surface area contributed by atoms with Gasteiger partial charge in [0.1, 0.15) is 0 Å². The van der Waals surface area contributed by atoms with Crippen molar-refractivity contribution < 1.29 is 33.8 Å². The first-order chi connectivity index (χ1) is 14.0. The van der Waals surface area contributed by atoms with Crippen LogP contribution in [0.5, 0.6) is 23.0 Å². The summed E-state index contributed by atoms with van der Waals surface area (Å²) >= 11 is 0. The van der Waals surface area contributed by atoms with Crippen LogP contribution in [0, 0.1) is 0 Å². The van der Waals surface area contributed by atoms with E-state index in [0.29, 0.717) is 5.75 Å². The third kappa shape index (κ3) is 3.40. The fraction of sp³-hybridized carbons (Fsp3) is 0.273. The molecule has 0 saturated heterocycles. The topological polar surface area (TPSA) is 91.9 Å². The number of carbonyl (C=O) groups is 1. The van der Waals surface area contributed by atoms with Crippen molar-refractivity contribution in [1.29, 1.82) is 0 Å². The van der Waals surface area contributed by atoms with Crippen molar-refractivity contribution in [2.24, 2.45) is 0 Å². The molecule has 0 atom stereocenters. The molecule has 2 aromatic carbocycles. The minimum Gasteiger partial charge on any atom is -0.550 e. The second-order valence-electron chi connectivity index (χ2n) is 6.81. The van der Waals surface area contributed by atoms with Gasteiger partial charge < -0.3 is 29.2 Å². The summed E-state index contributed by atoms with van der Waals surface area (Å²) in [5.41, 5.74) is 3.53. The van der Waals surface area contributed by atoms with Crippen LogP contribution in [-0.4, -0.2) is 25.0 Å². The molecule has 7 nitrogen and oxygen atoms in total. The van der Waals surface area contributed by atoms with Crippen LogP contribution in [0.1, 0.15) is 18.9 Å². The number of carboxylic acids is 1. The number of carboxylic acid groups (broad SMARTS) is 1. The van der Waals surface area contributed by atoms with Gasteiger partial charge in [-0.1, -0.05) is 6.92 Å². The van der Waals surface area contributed by atoms with E-state index >= 15 is 0 Å². The number of methoxy groups -OCH3 is 1. The van der Waals surface area contributed by atoms with Crippen LogP contribution in [-0.2, 0) is 17.8 Å². The number of carbonyl (C=O) groups excluding carboxylic acids is 1. The van der Waals surface area contributed by atoms with Gasteiger partial charge >= 0.3 is 0 Å². The van der Waals surface area contributed by atoms with Crippen LogP contribution in [0.15, 0.2) is 36.5 Å². The second kappa shape index (κ2) is 7.50. The van der Waals surface area contributed by atoms with Gasteiger partial charge in [0.2, 0.25) is 12.5 Å². The number of aromatic nitrogens is 1. The van der Waals surface area contributed by atoms with E-state index in [0.717, 1.165) is 46.5 Å². The fourth-order valence-corrected chi connectivity index (χ4v) is 3.57. The number of benzene rings is 2. The molecule has 0 bridgehead atoms. The van der Waals surface area contributed by atoms with Gasteiger partial charge in [0.15, 0.2) is 35.7 Å². The Morgan fingerprint density at radius 1 is 1.24 bits per heavy atom. The number of rotatable bonds is 2. The molecule has 3 aromatic rings. The molecule has 0 amide bonds. The molecule has 2 aliphatic heterocycles. The Balaban J connectivity index is 0.000000369. The minimum atomic E-state index is -0.995. The molecule has 0 unspecified atom stereocenters. The Bertz CT molecular complexity index is 1110.